The van der Waals surface area contributed by atoms with Crippen LogP contribution < -0.4 is 10.6 Å². The molecule has 7 heteroatoms. The Kier molecular flexibility index (Phi) is 10.6. The molecule has 0 bridgehead atoms. The first kappa shape index (κ1) is 30.4. The van der Waals surface area contributed by atoms with Gasteiger partial charge in [-0.05, 0) is 34.9 Å². The lowest BCUT2D eigenvalue weighted by Crippen LogP contribution is -2.43. The van der Waals surface area contributed by atoms with Gasteiger partial charge >= 0.3 is 6.03 Å². The molecule has 1 saturated heterocycles. The molecule has 2 amide bonds. The second-order valence-electron chi connectivity index (χ2n) is 11.3. The van der Waals surface area contributed by atoms with Crippen LogP contribution in [0.1, 0.15) is 52.7 Å². The molecule has 0 radical (unpaired) electrons. The average Bonchev–Trinajstić information content (AvgIpc) is 3.05. The van der Waals surface area contributed by atoms with E-state index in [9.17, 15) is 9.90 Å². The van der Waals surface area contributed by atoms with E-state index >= 15 is 0 Å². The molecule has 0 aromatic heterocycles. The third-order valence-corrected chi connectivity index (χ3v) is 7.91. The number of nitrogens with zero attached hydrogens (tertiary/aromatic N) is 1. The van der Waals surface area contributed by atoms with Gasteiger partial charge in [0.05, 0.1) is 18.8 Å². The lowest BCUT2D eigenvalue weighted by atomic mass is 9.90. The Morgan fingerprint density at radius 1 is 0.721 bits per heavy atom. The smallest absolute Gasteiger partial charge is 0.315 e. The van der Waals surface area contributed by atoms with Crippen molar-refractivity contribution in [3.05, 3.63) is 143 Å². The van der Waals surface area contributed by atoms with Gasteiger partial charge in [-0.25, -0.2) is 4.79 Å². The van der Waals surface area contributed by atoms with Crippen LogP contribution in [0.4, 0.5) is 4.79 Å². The molecule has 1 aliphatic heterocycles. The summed E-state index contributed by atoms with van der Waals surface area (Å²) >= 11 is 0. The summed E-state index contributed by atoms with van der Waals surface area (Å²) in [7, 11) is 2.12. The summed E-state index contributed by atoms with van der Waals surface area (Å²) in [5, 5.41) is 15.3. The van der Waals surface area contributed by atoms with E-state index in [0.29, 0.717) is 13.1 Å². The number of carbonyl (C=O) groups is 1. The lowest BCUT2D eigenvalue weighted by Gasteiger charge is -2.42. The van der Waals surface area contributed by atoms with Gasteiger partial charge in [-0.15, -0.1) is 0 Å². The molecule has 5 rings (SSSR count). The van der Waals surface area contributed by atoms with Crippen LogP contribution in [0.5, 0.6) is 0 Å². The Labute approximate surface area is 254 Å². The molecule has 4 aromatic carbocycles. The molecule has 3 N–H and O–H groups in total. The maximum absolute atomic E-state index is 12.3. The van der Waals surface area contributed by atoms with Crippen molar-refractivity contribution in [2.45, 2.75) is 51.7 Å². The van der Waals surface area contributed by atoms with E-state index < -0.39 is 6.29 Å². The average molecular weight is 580 g/mol. The van der Waals surface area contributed by atoms with Crippen molar-refractivity contribution < 1.29 is 19.4 Å². The quantitative estimate of drug-likeness (QED) is 0.200. The van der Waals surface area contributed by atoms with Gasteiger partial charge in [0.25, 0.3) is 0 Å². The third kappa shape index (κ3) is 8.52. The number of likely N-dealkylation sites (N-methyl/N-ethyl adjacent to an activating group) is 1. The Bertz CT molecular complexity index is 1410. The predicted octanol–water partition coefficient (Wildman–Crippen LogP) is 6.10. The number of aliphatic hydroxyl groups is 1. The summed E-state index contributed by atoms with van der Waals surface area (Å²) in [5.74, 6) is 0.104. The minimum Gasteiger partial charge on any atom is -0.392 e. The zero-order chi connectivity index (χ0) is 30.0. The number of carbonyl (C=O) groups excluding carboxylic acids is 1. The number of nitrogens with one attached hydrogen (secondary N) is 2. The van der Waals surface area contributed by atoms with Crippen molar-refractivity contribution in [3.63, 3.8) is 0 Å². The molecule has 1 heterocycles. The fraction of sp³-hybridized carbons (Fsp3) is 0.306. The minimum atomic E-state index is -0.537. The number of amides is 2. The molecular weight excluding hydrogens is 538 g/mol. The van der Waals surface area contributed by atoms with E-state index in [1.54, 1.807) is 0 Å². The summed E-state index contributed by atoms with van der Waals surface area (Å²) in [6, 6.07) is 36.1. The largest absolute Gasteiger partial charge is 0.392 e. The zero-order valence-corrected chi connectivity index (χ0v) is 24.9. The van der Waals surface area contributed by atoms with Gasteiger partial charge in [-0.2, -0.15) is 0 Å². The monoisotopic (exact) mass is 579 g/mol. The Morgan fingerprint density at radius 2 is 1.26 bits per heavy atom. The number of rotatable bonds is 11. The van der Waals surface area contributed by atoms with Crippen LogP contribution in [0.3, 0.4) is 0 Å². The van der Waals surface area contributed by atoms with Crippen molar-refractivity contribution in [3.8, 4) is 0 Å². The number of hydrogen-bond acceptors (Lipinski definition) is 5. The highest BCUT2D eigenvalue weighted by molar-refractivity contribution is 5.73. The first-order valence-corrected chi connectivity index (χ1v) is 14.9. The number of urea groups is 1. The van der Waals surface area contributed by atoms with Crippen molar-refractivity contribution in [2.75, 3.05) is 13.6 Å². The highest BCUT2D eigenvalue weighted by Crippen LogP contribution is 2.41. The molecule has 0 unspecified atom stereocenters. The van der Waals surface area contributed by atoms with Gasteiger partial charge in [0.1, 0.15) is 0 Å². The summed E-state index contributed by atoms with van der Waals surface area (Å²) in [6.07, 6.45) is -0.772. The number of ether oxygens (including phenoxy) is 2. The van der Waals surface area contributed by atoms with Gasteiger partial charge in [-0.1, -0.05) is 116 Å². The Hall–Kier alpha value is -4.01. The topological polar surface area (TPSA) is 83.1 Å². The molecule has 4 atom stereocenters. The van der Waals surface area contributed by atoms with Gasteiger partial charge in [0.15, 0.2) is 6.29 Å². The van der Waals surface area contributed by atoms with E-state index in [-0.39, 0.29) is 30.8 Å². The van der Waals surface area contributed by atoms with Crippen molar-refractivity contribution in [1.29, 1.82) is 0 Å². The summed E-state index contributed by atoms with van der Waals surface area (Å²) in [6.45, 7) is 4.66. The van der Waals surface area contributed by atoms with Crippen molar-refractivity contribution >= 4 is 6.03 Å². The van der Waals surface area contributed by atoms with Gasteiger partial charge in [-0.3, -0.25) is 4.90 Å². The van der Waals surface area contributed by atoms with E-state index in [2.05, 4.69) is 53.8 Å². The molecular formula is C36H41N3O4. The number of hydrogen-bond donors (Lipinski definition) is 3. The second kappa shape index (κ2) is 14.9. The van der Waals surface area contributed by atoms with Crippen molar-refractivity contribution in [1.82, 2.24) is 15.5 Å². The first-order valence-electron chi connectivity index (χ1n) is 14.9. The molecule has 43 heavy (non-hydrogen) atoms. The van der Waals surface area contributed by atoms with Crippen LogP contribution >= 0.6 is 0 Å². The van der Waals surface area contributed by atoms with Crippen LogP contribution in [-0.2, 0) is 35.7 Å². The SMILES string of the molecule is C[C@H]1[C@@H](CN(C)Cc2ccccc2)O[C@@H](c2ccc(CNC(=O)NCc3ccccc3)cc2)O[C@H]1c1ccc(CO)cc1. The highest BCUT2D eigenvalue weighted by Gasteiger charge is 2.38. The van der Waals surface area contributed by atoms with Crippen LogP contribution in [0.25, 0.3) is 0 Å². The molecule has 0 spiro atoms. The molecule has 4 aromatic rings. The molecule has 0 saturated carbocycles. The van der Waals surface area contributed by atoms with Crippen LogP contribution in [0.15, 0.2) is 109 Å². The molecule has 1 aliphatic rings. The third-order valence-electron chi connectivity index (χ3n) is 7.91. The molecule has 7 nitrogen and oxygen atoms in total. The predicted molar refractivity (Wildman–Crippen MR) is 168 cm³/mol. The van der Waals surface area contributed by atoms with Gasteiger partial charge in [0, 0.05) is 37.7 Å². The number of benzene rings is 4. The first-order chi connectivity index (χ1) is 21.0. The van der Waals surface area contributed by atoms with Gasteiger partial charge < -0.3 is 25.2 Å². The second-order valence-corrected chi connectivity index (χ2v) is 11.3. The standard InChI is InChI=1S/C36H41N3O4/c1-26-33(24-39(2)23-29-11-7-4-8-12-29)42-35(43-34(26)31-17-15-30(25-40)16-18-31)32-19-13-28(14-20-32)22-38-36(41)37-21-27-9-5-3-6-10-27/h3-20,26,33-35,40H,21-25H2,1-2H3,(H2,37,38,41)/t26-,33+,34+,35+/m0/s1. The van der Waals surface area contributed by atoms with E-state index in [1.807, 2.05) is 84.9 Å². The molecule has 0 aliphatic carbocycles. The molecule has 1 fully saturated rings. The summed E-state index contributed by atoms with van der Waals surface area (Å²) in [4.78, 5) is 14.6. The summed E-state index contributed by atoms with van der Waals surface area (Å²) < 4.78 is 13.2. The Balaban J connectivity index is 1.24. The van der Waals surface area contributed by atoms with Crippen LogP contribution in [0, 0.1) is 5.92 Å². The zero-order valence-electron chi connectivity index (χ0n) is 24.9. The lowest BCUT2D eigenvalue weighted by molar-refractivity contribution is -0.276. The maximum Gasteiger partial charge on any atom is 0.315 e. The van der Waals surface area contributed by atoms with E-state index in [4.69, 9.17) is 9.47 Å². The normalized spacial score (nSPS) is 20.1. The fourth-order valence-electron chi connectivity index (χ4n) is 5.41. The molecule has 224 valence electrons. The van der Waals surface area contributed by atoms with Crippen LogP contribution in [-0.4, -0.2) is 35.7 Å². The van der Waals surface area contributed by atoms with E-state index in [0.717, 1.165) is 40.9 Å². The number of aliphatic hydroxyl groups excluding tert-OH is 1. The summed E-state index contributed by atoms with van der Waals surface area (Å²) in [5.41, 5.74) is 6.16. The van der Waals surface area contributed by atoms with Crippen LogP contribution in [0.2, 0.25) is 0 Å². The maximum atomic E-state index is 12.3. The fourth-order valence-corrected chi connectivity index (χ4v) is 5.41. The Morgan fingerprint density at radius 3 is 1.86 bits per heavy atom. The van der Waals surface area contributed by atoms with Gasteiger partial charge in [0.2, 0.25) is 0 Å². The van der Waals surface area contributed by atoms with Crippen molar-refractivity contribution in [2.24, 2.45) is 5.92 Å². The van der Waals surface area contributed by atoms with E-state index in [1.165, 1.54) is 5.56 Å². The highest BCUT2D eigenvalue weighted by atomic mass is 16.7. The minimum absolute atomic E-state index is 0.00981.